The molecule has 140 valence electrons. The minimum Gasteiger partial charge on any atom is -0.478 e. The number of aromatic carboxylic acids is 1. The molecule has 9 heteroatoms. The van der Waals surface area contributed by atoms with Crippen molar-refractivity contribution in [3.8, 4) is 0 Å². The highest BCUT2D eigenvalue weighted by atomic mass is 16.5. The Bertz CT molecular complexity index is 731. The van der Waals surface area contributed by atoms with E-state index in [9.17, 15) is 9.59 Å². The number of nitrogens with zero attached hydrogens (tertiary/aromatic N) is 4. The van der Waals surface area contributed by atoms with Crippen molar-refractivity contribution in [2.45, 2.75) is 38.8 Å². The van der Waals surface area contributed by atoms with Crippen LogP contribution in [0.5, 0.6) is 0 Å². The summed E-state index contributed by atoms with van der Waals surface area (Å²) in [5.41, 5.74) is 1.61. The van der Waals surface area contributed by atoms with Crippen LogP contribution in [0.25, 0.3) is 0 Å². The topological polar surface area (TPSA) is 119 Å². The van der Waals surface area contributed by atoms with Crippen molar-refractivity contribution >= 4 is 11.9 Å². The highest BCUT2D eigenvalue weighted by molar-refractivity contribution is 5.87. The zero-order chi connectivity index (χ0) is 18.8. The molecule has 2 aromatic heterocycles. The average Bonchev–Trinajstić information content (AvgIpc) is 3.08. The van der Waals surface area contributed by atoms with E-state index in [1.165, 1.54) is 18.5 Å². The zero-order valence-electron chi connectivity index (χ0n) is 14.7. The van der Waals surface area contributed by atoms with E-state index in [1.54, 1.807) is 11.8 Å². The largest absolute Gasteiger partial charge is 0.478 e. The number of nitrogens with one attached hydrogen (secondary N) is 1. The summed E-state index contributed by atoms with van der Waals surface area (Å²) in [6, 6.07) is 1.50. The summed E-state index contributed by atoms with van der Waals surface area (Å²) in [6.07, 6.45) is 7.27. The van der Waals surface area contributed by atoms with Crippen molar-refractivity contribution in [2.24, 2.45) is 0 Å². The van der Waals surface area contributed by atoms with Gasteiger partial charge in [-0.05, 0) is 30.9 Å². The highest BCUT2D eigenvalue weighted by Gasteiger charge is 2.07. The molecule has 2 N–H and O–H groups in total. The first-order valence-electron chi connectivity index (χ1n) is 8.40. The maximum absolute atomic E-state index is 11.9. The third-order valence-corrected chi connectivity index (χ3v) is 3.69. The Morgan fingerprint density at radius 2 is 2.15 bits per heavy atom. The molecule has 0 aliphatic carbocycles. The second-order valence-corrected chi connectivity index (χ2v) is 5.84. The molecule has 0 unspecified atom stereocenters. The van der Waals surface area contributed by atoms with Crippen molar-refractivity contribution < 1.29 is 19.4 Å². The van der Waals surface area contributed by atoms with Gasteiger partial charge >= 0.3 is 5.97 Å². The van der Waals surface area contributed by atoms with Crippen LogP contribution in [0.15, 0.2) is 24.7 Å². The molecular formula is C17H23N5O4. The maximum Gasteiger partial charge on any atom is 0.337 e. The van der Waals surface area contributed by atoms with Gasteiger partial charge in [-0.1, -0.05) is 5.21 Å². The summed E-state index contributed by atoms with van der Waals surface area (Å²) in [5, 5.41) is 19.8. The molecule has 0 radical (unpaired) electrons. The molecule has 0 saturated heterocycles. The first-order valence-corrected chi connectivity index (χ1v) is 8.40. The van der Waals surface area contributed by atoms with Gasteiger partial charge in [0.2, 0.25) is 5.91 Å². The summed E-state index contributed by atoms with van der Waals surface area (Å²) in [6.45, 7) is 1.69. The molecule has 2 aromatic rings. The lowest BCUT2D eigenvalue weighted by Crippen LogP contribution is -2.22. The number of hydrogen-bond acceptors (Lipinski definition) is 6. The van der Waals surface area contributed by atoms with Gasteiger partial charge in [0.25, 0.3) is 0 Å². The van der Waals surface area contributed by atoms with Crippen molar-refractivity contribution in [1.29, 1.82) is 0 Å². The predicted molar refractivity (Wildman–Crippen MR) is 92.5 cm³/mol. The standard InChI is InChI=1S/C17H23N5O4/c1-26-7-3-6-22-12-15(20-21-22)4-2-5-16(23)19-10-13-8-14(17(24)25)11-18-9-13/h8-9,11-12H,2-7,10H2,1H3,(H,19,23)(H,24,25). The van der Waals surface area contributed by atoms with Crippen LogP contribution in [0.2, 0.25) is 0 Å². The summed E-state index contributed by atoms with van der Waals surface area (Å²) in [7, 11) is 1.66. The normalized spacial score (nSPS) is 10.7. The number of carboxylic acid groups (broad SMARTS) is 1. The Morgan fingerprint density at radius 3 is 2.92 bits per heavy atom. The van der Waals surface area contributed by atoms with Crippen LogP contribution in [0.3, 0.4) is 0 Å². The molecule has 0 atom stereocenters. The number of ether oxygens (including phenoxy) is 1. The Morgan fingerprint density at radius 1 is 1.31 bits per heavy atom. The van der Waals surface area contributed by atoms with Crippen LogP contribution in [0.1, 0.15) is 40.9 Å². The molecular weight excluding hydrogens is 338 g/mol. The van der Waals surface area contributed by atoms with Gasteiger partial charge in [-0.25, -0.2) is 4.79 Å². The molecule has 0 spiro atoms. The van der Waals surface area contributed by atoms with Gasteiger partial charge in [0, 0.05) is 51.8 Å². The van der Waals surface area contributed by atoms with E-state index in [1.807, 2.05) is 6.20 Å². The minimum atomic E-state index is -1.04. The molecule has 1 amide bonds. The van der Waals surface area contributed by atoms with Crippen molar-refractivity contribution in [3.63, 3.8) is 0 Å². The van der Waals surface area contributed by atoms with Crippen LogP contribution in [0, 0.1) is 0 Å². The number of carbonyl (C=O) groups is 2. The second kappa shape index (κ2) is 10.2. The van der Waals surface area contributed by atoms with Crippen molar-refractivity contribution in [1.82, 2.24) is 25.3 Å². The molecule has 9 nitrogen and oxygen atoms in total. The number of aryl methyl sites for hydroxylation is 2. The van der Waals surface area contributed by atoms with Gasteiger partial charge in [0.15, 0.2) is 0 Å². The van der Waals surface area contributed by atoms with Crippen LogP contribution < -0.4 is 5.32 Å². The highest BCUT2D eigenvalue weighted by Crippen LogP contribution is 2.04. The van der Waals surface area contributed by atoms with E-state index in [-0.39, 0.29) is 18.0 Å². The summed E-state index contributed by atoms with van der Waals surface area (Å²) in [5.74, 6) is -1.14. The molecule has 2 heterocycles. The molecule has 26 heavy (non-hydrogen) atoms. The SMILES string of the molecule is COCCCn1cc(CCCC(=O)NCc2cncc(C(=O)O)c2)nn1. The van der Waals surface area contributed by atoms with Crippen LogP contribution >= 0.6 is 0 Å². The van der Waals surface area contributed by atoms with E-state index in [0.717, 1.165) is 18.7 Å². The monoisotopic (exact) mass is 361 g/mol. The lowest BCUT2D eigenvalue weighted by atomic mass is 10.2. The van der Waals surface area contributed by atoms with Gasteiger partial charge < -0.3 is 15.2 Å². The quantitative estimate of drug-likeness (QED) is 0.574. The van der Waals surface area contributed by atoms with Gasteiger partial charge in [-0.3, -0.25) is 14.5 Å². The minimum absolute atomic E-state index is 0.0989. The number of hydrogen-bond donors (Lipinski definition) is 2. The van der Waals surface area contributed by atoms with E-state index < -0.39 is 5.97 Å². The molecule has 0 aromatic carbocycles. The van der Waals surface area contributed by atoms with Crippen molar-refractivity contribution in [3.05, 3.63) is 41.5 Å². The van der Waals surface area contributed by atoms with Crippen LogP contribution in [-0.2, 0) is 29.0 Å². The first-order chi connectivity index (χ1) is 12.6. The number of methoxy groups -OCH3 is 1. The lowest BCUT2D eigenvalue weighted by Gasteiger charge is -2.05. The third kappa shape index (κ3) is 6.60. The molecule has 0 saturated carbocycles. The summed E-state index contributed by atoms with van der Waals surface area (Å²) < 4.78 is 6.77. The second-order valence-electron chi connectivity index (χ2n) is 5.84. The molecule has 0 aliphatic rings. The first kappa shape index (κ1) is 19.5. The van der Waals surface area contributed by atoms with Crippen LogP contribution in [0.4, 0.5) is 0 Å². The van der Waals surface area contributed by atoms with Gasteiger partial charge in [0.05, 0.1) is 11.3 Å². The predicted octanol–water partition coefficient (Wildman–Crippen LogP) is 1.05. The van der Waals surface area contributed by atoms with E-state index >= 15 is 0 Å². The maximum atomic E-state index is 11.9. The zero-order valence-corrected chi connectivity index (χ0v) is 14.7. The van der Waals surface area contributed by atoms with E-state index in [2.05, 4.69) is 20.6 Å². The third-order valence-electron chi connectivity index (χ3n) is 3.69. The van der Waals surface area contributed by atoms with Crippen LogP contribution in [-0.4, -0.2) is 50.7 Å². The summed E-state index contributed by atoms with van der Waals surface area (Å²) in [4.78, 5) is 26.7. The number of pyridine rings is 1. The fourth-order valence-electron chi connectivity index (χ4n) is 2.35. The fourth-order valence-corrected chi connectivity index (χ4v) is 2.35. The van der Waals surface area contributed by atoms with Gasteiger partial charge in [0.1, 0.15) is 0 Å². The smallest absolute Gasteiger partial charge is 0.337 e. The number of carboxylic acids is 1. The van der Waals surface area contributed by atoms with E-state index in [4.69, 9.17) is 9.84 Å². The number of amides is 1. The molecule has 2 rings (SSSR count). The number of rotatable bonds is 11. The average molecular weight is 361 g/mol. The van der Waals surface area contributed by atoms with E-state index in [0.29, 0.717) is 31.4 Å². The fraction of sp³-hybridized carbons (Fsp3) is 0.471. The Balaban J connectivity index is 1.67. The van der Waals surface area contributed by atoms with Gasteiger partial charge in [-0.2, -0.15) is 0 Å². The molecule has 0 bridgehead atoms. The molecule has 0 aliphatic heterocycles. The number of aromatic nitrogens is 4. The van der Waals surface area contributed by atoms with Gasteiger partial charge in [-0.15, -0.1) is 5.10 Å². The number of carbonyl (C=O) groups excluding carboxylic acids is 1. The molecule has 0 fully saturated rings. The lowest BCUT2D eigenvalue weighted by molar-refractivity contribution is -0.121. The Labute approximate surface area is 151 Å². The summed E-state index contributed by atoms with van der Waals surface area (Å²) >= 11 is 0. The van der Waals surface area contributed by atoms with Crippen molar-refractivity contribution in [2.75, 3.05) is 13.7 Å². The Hall–Kier alpha value is -2.81. The Kier molecular flexibility index (Phi) is 7.69.